The molecule has 1 saturated heterocycles. The molecular weight excluding hydrogens is 312 g/mol. The number of carbonyl (C=O) groups excluding carboxylic acids is 1. The SMILES string of the molecule is CCOC(=O)CC1(CN)CN(C(c2ccccc2)c2ccccc2)C1. The van der Waals surface area contributed by atoms with Crippen molar-refractivity contribution in [2.45, 2.75) is 19.4 Å². The fourth-order valence-electron chi connectivity index (χ4n) is 3.71. The van der Waals surface area contributed by atoms with Crippen LogP contribution >= 0.6 is 0 Å². The zero-order chi connectivity index (χ0) is 17.7. The number of nitrogens with zero attached hydrogens (tertiary/aromatic N) is 1. The number of rotatable bonds is 7. The van der Waals surface area contributed by atoms with Crippen LogP contribution in [0.4, 0.5) is 0 Å². The molecule has 4 nitrogen and oxygen atoms in total. The summed E-state index contributed by atoms with van der Waals surface area (Å²) in [6.45, 7) is 4.35. The lowest BCUT2D eigenvalue weighted by atomic mass is 9.74. The summed E-state index contributed by atoms with van der Waals surface area (Å²) in [4.78, 5) is 14.3. The van der Waals surface area contributed by atoms with Crippen molar-refractivity contribution in [3.05, 3.63) is 71.8 Å². The van der Waals surface area contributed by atoms with Crippen molar-refractivity contribution in [2.24, 2.45) is 11.1 Å². The van der Waals surface area contributed by atoms with Gasteiger partial charge in [0.25, 0.3) is 0 Å². The molecule has 0 spiro atoms. The fourth-order valence-corrected chi connectivity index (χ4v) is 3.71. The average Bonchev–Trinajstić information content (AvgIpc) is 2.61. The molecule has 2 aromatic rings. The summed E-state index contributed by atoms with van der Waals surface area (Å²) in [5.41, 5.74) is 8.37. The van der Waals surface area contributed by atoms with Crippen LogP contribution in [0.3, 0.4) is 0 Å². The van der Waals surface area contributed by atoms with E-state index >= 15 is 0 Å². The number of hydrogen-bond acceptors (Lipinski definition) is 4. The second-order valence-corrected chi connectivity index (χ2v) is 6.81. The third-order valence-electron chi connectivity index (χ3n) is 4.93. The van der Waals surface area contributed by atoms with Gasteiger partial charge in [-0.15, -0.1) is 0 Å². The lowest BCUT2D eigenvalue weighted by Crippen LogP contribution is -2.61. The standard InChI is InChI=1S/C21H26N2O2/c1-2-25-19(24)13-21(14-22)15-23(16-21)20(17-9-5-3-6-10-17)18-11-7-4-8-12-18/h3-12,20H,2,13-16,22H2,1H3. The number of ether oxygens (including phenoxy) is 1. The number of nitrogens with two attached hydrogens (primary N) is 1. The van der Waals surface area contributed by atoms with Gasteiger partial charge in [-0.1, -0.05) is 60.7 Å². The molecule has 1 fully saturated rings. The Hall–Kier alpha value is -2.17. The number of benzene rings is 2. The quantitative estimate of drug-likeness (QED) is 0.789. The van der Waals surface area contributed by atoms with Gasteiger partial charge in [-0.05, 0) is 18.1 Å². The molecule has 0 atom stereocenters. The summed E-state index contributed by atoms with van der Waals surface area (Å²) < 4.78 is 5.13. The van der Waals surface area contributed by atoms with Crippen LogP contribution in [0, 0.1) is 5.41 Å². The maximum Gasteiger partial charge on any atom is 0.306 e. The first-order valence-electron chi connectivity index (χ1n) is 8.87. The van der Waals surface area contributed by atoms with E-state index in [-0.39, 0.29) is 17.4 Å². The van der Waals surface area contributed by atoms with Crippen molar-refractivity contribution in [3.63, 3.8) is 0 Å². The largest absolute Gasteiger partial charge is 0.466 e. The summed E-state index contributed by atoms with van der Waals surface area (Å²) in [6, 6.07) is 21.2. The Balaban J connectivity index is 1.79. The van der Waals surface area contributed by atoms with Gasteiger partial charge in [0.15, 0.2) is 0 Å². The van der Waals surface area contributed by atoms with Gasteiger partial charge in [-0.2, -0.15) is 0 Å². The zero-order valence-electron chi connectivity index (χ0n) is 14.7. The van der Waals surface area contributed by atoms with Gasteiger partial charge in [0.2, 0.25) is 0 Å². The van der Waals surface area contributed by atoms with Crippen molar-refractivity contribution in [3.8, 4) is 0 Å². The van der Waals surface area contributed by atoms with E-state index < -0.39 is 0 Å². The second-order valence-electron chi connectivity index (χ2n) is 6.81. The van der Waals surface area contributed by atoms with E-state index in [1.807, 2.05) is 19.1 Å². The molecule has 132 valence electrons. The topological polar surface area (TPSA) is 55.6 Å². The van der Waals surface area contributed by atoms with Crippen LogP contribution in [0.5, 0.6) is 0 Å². The minimum Gasteiger partial charge on any atom is -0.466 e. The molecule has 2 N–H and O–H groups in total. The first kappa shape index (κ1) is 17.6. The summed E-state index contributed by atoms with van der Waals surface area (Å²) in [5, 5.41) is 0. The van der Waals surface area contributed by atoms with Crippen LogP contribution in [-0.2, 0) is 9.53 Å². The van der Waals surface area contributed by atoms with Gasteiger partial charge in [-0.3, -0.25) is 9.69 Å². The normalized spacial score (nSPS) is 16.4. The Morgan fingerprint density at radius 1 is 1.08 bits per heavy atom. The Labute approximate surface area is 149 Å². The van der Waals surface area contributed by atoms with Crippen LogP contribution < -0.4 is 5.73 Å². The molecule has 3 rings (SSSR count). The predicted octanol–water partition coefficient (Wildman–Crippen LogP) is 2.99. The van der Waals surface area contributed by atoms with Gasteiger partial charge in [0.05, 0.1) is 19.1 Å². The average molecular weight is 338 g/mol. The molecule has 4 heteroatoms. The minimum absolute atomic E-state index is 0.149. The molecule has 2 aromatic carbocycles. The maximum absolute atomic E-state index is 11.9. The molecule has 0 aliphatic carbocycles. The van der Waals surface area contributed by atoms with Gasteiger partial charge in [0, 0.05) is 25.0 Å². The molecule has 0 aromatic heterocycles. The number of esters is 1. The highest BCUT2D eigenvalue weighted by atomic mass is 16.5. The first-order chi connectivity index (χ1) is 12.2. The third kappa shape index (κ3) is 3.91. The summed E-state index contributed by atoms with van der Waals surface area (Å²) >= 11 is 0. The van der Waals surface area contributed by atoms with Crippen molar-refractivity contribution >= 4 is 5.97 Å². The molecule has 1 aliphatic rings. The van der Waals surface area contributed by atoms with Crippen LogP contribution in [-0.4, -0.2) is 37.1 Å². The van der Waals surface area contributed by atoms with E-state index in [2.05, 4.69) is 53.4 Å². The molecule has 1 aliphatic heterocycles. The second kappa shape index (κ2) is 7.81. The van der Waals surface area contributed by atoms with Crippen LogP contribution in [0.15, 0.2) is 60.7 Å². The van der Waals surface area contributed by atoms with Crippen molar-refractivity contribution in [1.29, 1.82) is 0 Å². The van der Waals surface area contributed by atoms with Crippen LogP contribution in [0.1, 0.15) is 30.5 Å². The van der Waals surface area contributed by atoms with Crippen molar-refractivity contribution in [2.75, 3.05) is 26.2 Å². The van der Waals surface area contributed by atoms with E-state index in [1.165, 1.54) is 11.1 Å². The Kier molecular flexibility index (Phi) is 5.51. The monoisotopic (exact) mass is 338 g/mol. The summed E-state index contributed by atoms with van der Waals surface area (Å²) in [6.07, 6.45) is 0.393. The molecule has 0 bridgehead atoms. The summed E-state index contributed by atoms with van der Waals surface area (Å²) in [5.74, 6) is -0.149. The highest BCUT2D eigenvalue weighted by molar-refractivity contribution is 5.70. The predicted molar refractivity (Wildman–Crippen MR) is 99.0 cm³/mol. The molecule has 0 amide bonds. The van der Waals surface area contributed by atoms with Crippen molar-refractivity contribution < 1.29 is 9.53 Å². The van der Waals surface area contributed by atoms with Gasteiger partial charge < -0.3 is 10.5 Å². The molecule has 1 heterocycles. The van der Waals surface area contributed by atoms with E-state index in [1.54, 1.807) is 0 Å². The zero-order valence-corrected chi connectivity index (χ0v) is 14.7. The Bertz CT molecular complexity index is 642. The maximum atomic E-state index is 11.9. The van der Waals surface area contributed by atoms with Crippen LogP contribution in [0.2, 0.25) is 0 Å². The number of hydrogen-bond donors (Lipinski definition) is 1. The minimum atomic E-state index is -0.173. The van der Waals surface area contributed by atoms with Crippen molar-refractivity contribution in [1.82, 2.24) is 4.90 Å². The van der Waals surface area contributed by atoms with Crippen LogP contribution in [0.25, 0.3) is 0 Å². The number of likely N-dealkylation sites (tertiary alicyclic amines) is 1. The molecule has 0 saturated carbocycles. The molecule has 0 unspecified atom stereocenters. The Morgan fingerprint density at radius 3 is 2.04 bits per heavy atom. The molecule has 0 radical (unpaired) electrons. The fraction of sp³-hybridized carbons (Fsp3) is 0.381. The smallest absolute Gasteiger partial charge is 0.306 e. The van der Waals surface area contributed by atoms with Gasteiger partial charge in [0.1, 0.15) is 0 Å². The lowest BCUT2D eigenvalue weighted by Gasteiger charge is -2.52. The molecule has 25 heavy (non-hydrogen) atoms. The third-order valence-corrected chi connectivity index (χ3v) is 4.93. The first-order valence-corrected chi connectivity index (χ1v) is 8.87. The lowest BCUT2D eigenvalue weighted by molar-refractivity contribution is -0.150. The van der Waals surface area contributed by atoms with Gasteiger partial charge >= 0.3 is 5.97 Å². The number of carbonyl (C=O) groups is 1. The van der Waals surface area contributed by atoms with E-state index in [9.17, 15) is 4.79 Å². The van der Waals surface area contributed by atoms with E-state index in [0.717, 1.165) is 13.1 Å². The highest BCUT2D eigenvalue weighted by Gasteiger charge is 2.46. The van der Waals surface area contributed by atoms with E-state index in [0.29, 0.717) is 19.6 Å². The summed E-state index contributed by atoms with van der Waals surface area (Å²) in [7, 11) is 0. The highest BCUT2D eigenvalue weighted by Crippen LogP contribution is 2.41. The van der Waals surface area contributed by atoms with Gasteiger partial charge in [-0.25, -0.2) is 0 Å². The Morgan fingerprint density at radius 2 is 1.60 bits per heavy atom. The molecular formula is C21H26N2O2. The van der Waals surface area contributed by atoms with E-state index in [4.69, 9.17) is 10.5 Å².